The van der Waals surface area contributed by atoms with E-state index in [2.05, 4.69) is 5.32 Å². The molecule has 2 aliphatic rings. The van der Waals surface area contributed by atoms with Crippen molar-refractivity contribution in [3.05, 3.63) is 0 Å². The molecule has 3 N–H and O–H groups in total. The quantitative estimate of drug-likeness (QED) is 0.726. The Morgan fingerprint density at radius 2 is 1.80 bits per heavy atom. The van der Waals surface area contributed by atoms with Gasteiger partial charge in [-0.25, -0.2) is 4.79 Å². The maximum atomic E-state index is 12.2. The van der Waals surface area contributed by atoms with Crippen molar-refractivity contribution >= 4 is 12.0 Å². The van der Waals surface area contributed by atoms with E-state index < -0.39 is 5.97 Å². The van der Waals surface area contributed by atoms with Crippen LogP contribution in [-0.4, -0.2) is 52.3 Å². The van der Waals surface area contributed by atoms with Crippen molar-refractivity contribution in [2.24, 2.45) is 5.92 Å². The van der Waals surface area contributed by atoms with Crippen molar-refractivity contribution < 1.29 is 19.8 Å². The van der Waals surface area contributed by atoms with Crippen LogP contribution < -0.4 is 5.32 Å². The molecule has 6 heteroatoms. The zero-order valence-corrected chi connectivity index (χ0v) is 11.8. The summed E-state index contributed by atoms with van der Waals surface area (Å²) in [5.74, 6) is -0.991. The second-order valence-corrected chi connectivity index (χ2v) is 5.86. The average molecular weight is 284 g/mol. The number of carbonyl (C=O) groups excluding carboxylic acids is 1. The normalized spacial score (nSPS) is 30.9. The lowest BCUT2D eigenvalue weighted by atomic mass is 9.86. The summed E-state index contributed by atoms with van der Waals surface area (Å²) in [4.78, 5) is 24.9. The number of amides is 2. The van der Waals surface area contributed by atoms with Gasteiger partial charge in [0.15, 0.2) is 0 Å². The number of nitrogens with one attached hydrogen (secondary N) is 1. The van der Waals surface area contributed by atoms with Crippen LogP contribution in [0.4, 0.5) is 4.79 Å². The van der Waals surface area contributed by atoms with Crippen molar-refractivity contribution in [1.82, 2.24) is 10.2 Å². The van der Waals surface area contributed by atoms with Crippen LogP contribution >= 0.6 is 0 Å². The Labute approximate surface area is 119 Å². The minimum atomic E-state index is -0.730. The van der Waals surface area contributed by atoms with E-state index in [1.165, 1.54) is 0 Å². The molecule has 1 unspecified atom stereocenters. The fourth-order valence-electron chi connectivity index (χ4n) is 3.20. The molecular weight excluding hydrogens is 260 g/mol. The molecule has 20 heavy (non-hydrogen) atoms. The van der Waals surface area contributed by atoms with Crippen LogP contribution in [0.2, 0.25) is 0 Å². The first-order chi connectivity index (χ1) is 9.61. The van der Waals surface area contributed by atoms with Crippen molar-refractivity contribution in [2.45, 2.75) is 57.0 Å². The maximum absolute atomic E-state index is 12.2. The van der Waals surface area contributed by atoms with Gasteiger partial charge in [0, 0.05) is 12.6 Å². The summed E-state index contributed by atoms with van der Waals surface area (Å²) in [7, 11) is 0. The molecule has 1 atom stereocenters. The Hall–Kier alpha value is -1.30. The van der Waals surface area contributed by atoms with Gasteiger partial charge in [-0.3, -0.25) is 4.79 Å². The highest BCUT2D eigenvalue weighted by Gasteiger charge is 2.30. The van der Waals surface area contributed by atoms with Gasteiger partial charge >= 0.3 is 12.0 Å². The number of carbonyl (C=O) groups is 2. The van der Waals surface area contributed by atoms with Gasteiger partial charge in [0.1, 0.15) is 0 Å². The third kappa shape index (κ3) is 3.62. The monoisotopic (exact) mass is 284 g/mol. The fourth-order valence-corrected chi connectivity index (χ4v) is 3.20. The van der Waals surface area contributed by atoms with Crippen LogP contribution in [0.15, 0.2) is 0 Å². The highest BCUT2D eigenvalue weighted by Crippen LogP contribution is 2.25. The molecule has 0 bridgehead atoms. The first kappa shape index (κ1) is 15.1. The van der Waals surface area contributed by atoms with Crippen LogP contribution in [-0.2, 0) is 4.79 Å². The van der Waals surface area contributed by atoms with Crippen LogP contribution in [0, 0.1) is 5.92 Å². The number of carboxylic acids is 1. The largest absolute Gasteiger partial charge is 0.481 e. The van der Waals surface area contributed by atoms with E-state index in [0.717, 1.165) is 32.1 Å². The number of aliphatic hydroxyl groups excluding tert-OH is 1. The molecule has 0 aromatic carbocycles. The van der Waals surface area contributed by atoms with Crippen LogP contribution in [0.3, 0.4) is 0 Å². The van der Waals surface area contributed by atoms with Crippen molar-refractivity contribution in [3.63, 3.8) is 0 Å². The molecule has 114 valence electrons. The van der Waals surface area contributed by atoms with E-state index in [1.807, 2.05) is 0 Å². The van der Waals surface area contributed by atoms with Gasteiger partial charge in [-0.2, -0.15) is 0 Å². The molecule has 6 nitrogen and oxygen atoms in total. The van der Waals surface area contributed by atoms with E-state index in [9.17, 15) is 14.7 Å². The highest BCUT2D eigenvalue weighted by molar-refractivity contribution is 5.75. The Kier molecular flexibility index (Phi) is 5.23. The molecule has 1 aliphatic heterocycles. The number of aliphatic hydroxyl groups is 1. The van der Waals surface area contributed by atoms with E-state index in [4.69, 9.17) is 5.11 Å². The van der Waals surface area contributed by atoms with E-state index in [1.54, 1.807) is 4.90 Å². The van der Waals surface area contributed by atoms with Crippen LogP contribution in [0.25, 0.3) is 0 Å². The average Bonchev–Trinajstić information content (AvgIpc) is 2.47. The number of urea groups is 1. The molecule has 1 saturated heterocycles. The molecule has 1 heterocycles. The van der Waals surface area contributed by atoms with E-state index in [-0.39, 0.29) is 30.6 Å². The molecule has 0 spiro atoms. The second kappa shape index (κ2) is 6.92. The zero-order chi connectivity index (χ0) is 14.5. The second-order valence-electron chi connectivity index (χ2n) is 5.86. The number of carboxylic acid groups (broad SMARTS) is 1. The fraction of sp³-hybridized carbons (Fsp3) is 0.857. The van der Waals surface area contributed by atoms with Crippen molar-refractivity contribution in [1.29, 1.82) is 0 Å². The maximum Gasteiger partial charge on any atom is 0.317 e. The summed E-state index contributed by atoms with van der Waals surface area (Å²) in [5, 5.41) is 21.3. The lowest BCUT2D eigenvalue weighted by Crippen LogP contribution is -2.53. The summed E-state index contributed by atoms with van der Waals surface area (Å²) < 4.78 is 0. The number of aliphatic carboxylic acids is 1. The first-order valence-corrected chi connectivity index (χ1v) is 7.52. The first-order valence-electron chi connectivity index (χ1n) is 7.52. The minimum Gasteiger partial charge on any atom is -0.481 e. The lowest BCUT2D eigenvalue weighted by Gasteiger charge is -2.36. The molecule has 1 aliphatic carbocycles. The number of rotatable bonds is 3. The molecule has 0 aromatic rings. The summed E-state index contributed by atoms with van der Waals surface area (Å²) in [6, 6.07) is -0.110. The Morgan fingerprint density at radius 1 is 1.10 bits per heavy atom. The van der Waals surface area contributed by atoms with Gasteiger partial charge in [0.05, 0.1) is 18.6 Å². The van der Waals surface area contributed by atoms with Crippen LogP contribution in [0.5, 0.6) is 0 Å². The summed E-state index contributed by atoms with van der Waals surface area (Å²) in [6.07, 6.45) is 5.60. The molecule has 0 radical (unpaired) electrons. The van der Waals surface area contributed by atoms with Crippen molar-refractivity contribution in [3.8, 4) is 0 Å². The van der Waals surface area contributed by atoms with Gasteiger partial charge in [-0.05, 0) is 44.9 Å². The number of piperidine rings is 1. The number of nitrogens with zero attached hydrogens (tertiary/aromatic N) is 1. The third-order valence-electron chi connectivity index (χ3n) is 4.50. The van der Waals surface area contributed by atoms with Gasteiger partial charge in [-0.1, -0.05) is 0 Å². The zero-order valence-electron chi connectivity index (χ0n) is 11.8. The molecule has 2 fully saturated rings. The van der Waals surface area contributed by atoms with Crippen LogP contribution in [0.1, 0.15) is 44.9 Å². The number of likely N-dealkylation sites (tertiary alicyclic amines) is 1. The summed E-state index contributed by atoms with van der Waals surface area (Å²) in [6.45, 7) is 0.709. The van der Waals surface area contributed by atoms with Gasteiger partial charge in [0.25, 0.3) is 0 Å². The SMILES string of the molecule is O=C(O)C1CCC(NC(=O)N2CCCCC2CO)CC1. The topological polar surface area (TPSA) is 89.9 Å². The molecule has 2 amide bonds. The molecule has 1 saturated carbocycles. The Bertz CT molecular complexity index is 353. The van der Waals surface area contributed by atoms with Gasteiger partial charge < -0.3 is 20.4 Å². The third-order valence-corrected chi connectivity index (χ3v) is 4.50. The smallest absolute Gasteiger partial charge is 0.317 e. The number of hydrogen-bond donors (Lipinski definition) is 3. The molecular formula is C14H24N2O4. The number of hydrogen-bond acceptors (Lipinski definition) is 3. The Morgan fingerprint density at radius 3 is 2.40 bits per heavy atom. The van der Waals surface area contributed by atoms with Crippen molar-refractivity contribution in [2.75, 3.05) is 13.2 Å². The van der Waals surface area contributed by atoms with E-state index in [0.29, 0.717) is 19.4 Å². The minimum absolute atomic E-state index is 0.0131. The highest BCUT2D eigenvalue weighted by atomic mass is 16.4. The summed E-state index contributed by atoms with van der Waals surface area (Å²) >= 11 is 0. The summed E-state index contributed by atoms with van der Waals surface area (Å²) in [5.41, 5.74) is 0. The Balaban J connectivity index is 1.81. The predicted molar refractivity (Wildman–Crippen MR) is 73.3 cm³/mol. The predicted octanol–water partition coefficient (Wildman–Crippen LogP) is 1.19. The lowest BCUT2D eigenvalue weighted by molar-refractivity contribution is -0.142. The molecule has 2 rings (SSSR count). The standard InChI is InChI=1S/C14H24N2O4/c17-9-12-3-1-2-8-16(12)14(20)15-11-6-4-10(5-7-11)13(18)19/h10-12,17H,1-9H2,(H,15,20)(H,18,19). The van der Waals surface area contributed by atoms with E-state index >= 15 is 0 Å². The van der Waals surface area contributed by atoms with Gasteiger partial charge in [-0.15, -0.1) is 0 Å². The molecule has 0 aromatic heterocycles. The van der Waals surface area contributed by atoms with Gasteiger partial charge in [0.2, 0.25) is 0 Å².